The van der Waals surface area contributed by atoms with Crippen molar-refractivity contribution < 1.29 is 32.7 Å². The second kappa shape index (κ2) is 8.38. The largest absolute Gasteiger partial charge is 0.481 e. The highest BCUT2D eigenvalue weighted by molar-refractivity contribution is 5.96. The summed E-state index contributed by atoms with van der Waals surface area (Å²) in [5, 5.41) is 13.6. The molecular formula is C17H20F3N3O4. The molecule has 10 heteroatoms. The van der Waals surface area contributed by atoms with Crippen LogP contribution in [-0.2, 0) is 16.1 Å². The zero-order valence-electron chi connectivity index (χ0n) is 14.5. The summed E-state index contributed by atoms with van der Waals surface area (Å²) in [6.45, 7) is 0.479. The first kappa shape index (κ1) is 20.7. The van der Waals surface area contributed by atoms with Crippen molar-refractivity contribution in [3.8, 4) is 0 Å². The van der Waals surface area contributed by atoms with Gasteiger partial charge in [-0.25, -0.2) is 4.79 Å². The predicted octanol–water partition coefficient (Wildman–Crippen LogP) is 1.60. The van der Waals surface area contributed by atoms with Crippen molar-refractivity contribution in [2.45, 2.75) is 25.7 Å². The number of aliphatic carboxylic acids is 1. The third kappa shape index (κ3) is 5.43. The number of amides is 3. The van der Waals surface area contributed by atoms with E-state index in [9.17, 15) is 27.6 Å². The Labute approximate surface area is 153 Å². The molecule has 0 radical (unpaired) electrons. The van der Waals surface area contributed by atoms with Crippen molar-refractivity contribution in [1.82, 2.24) is 15.5 Å². The average Bonchev–Trinajstić information content (AvgIpc) is 3.06. The minimum atomic E-state index is -4.68. The lowest BCUT2D eigenvalue weighted by Crippen LogP contribution is -2.49. The van der Waals surface area contributed by atoms with Gasteiger partial charge in [0.05, 0.1) is 17.9 Å². The third-order valence-corrected chi connectivity index (χ3v) is 4.55. The van der Waals surface area contributed by atoms with E-state index < -0.39 is 55.1 Å². The van der Waals surface area contributed by atoms with Crippen LogP contribution in [-0.4, -0.2) is 53.2 Å². The topological polar surface area (TPSA) is 98.7 Å². The van der Waals surface area contributed by atoms with Crippen LogP contribution < -0.4 is 10.6 Å². The molecule has 0 aliphatic carbocycles. The van der Waals surface area contributed by atoms with Crippen LogP contribution in [0.3, 0.4) is 0 Å². The van der Waals surface area contributed by atoms with Gasteiger partial charge in [0.1, 0.15) is 0 Å². The van der Waals surface area contributed by atoms with Gasteiger partial charge in [0, 0.05) is 19.6 Å². The Morgan fingerprint density at radius 2 is 1.85 bits per heavy atom. The van der Waals surface area contributed by atoms with Gasteiger partial charge in [-0.15, -0.1) is 0 Å². The van der Waals surface area contributed by atoms with Crippen molar-refractivity contribution in [3.63, 3.8) is 0 Å². The number of carboxylic acid groups (broad SMARTS) is 1. The molecule has 0 spiro atoms. The molecule has 1 unspecified atom stereocenters. The van der Waals surface area contributed by atoms with E-state index in [1.807, 2.05) is 6.07 Å². The Bertz CT molecular complexity index is 696. The molecule has 3 atom stereocenters. The van der Waals surface area contributed by atoms with E-state index in [1.54, 1.807) is 24.3 Å². The van der Waals surface area contributed by atoms with Crippen LogP contribution in [0.4, 0.5) is 18.0 Å². The molecule has 2 rings (SSSR count). The Balaban J connectivity index is 1.90. The van der Waals surface area contributed by atoms with Crippen LogP contribution in [0.25, 0.3) is 0 Å². The van der Waals surface area contributed by atoms with Crippen LogP contribution in [0.15, 0.2) is 30.3 Å². The van der Waals surface area contributed by atoms with Crippen molar-refractivity contribution in [2.75, 3.05) is 13.1 Å². The van der Waals surface area contributed by atoms with E-state index in [2.05, 4.69) is 10.6 Å². The predicted molar refractivity (Wildman–Crippen MR) is 88.5 cm³/mol. The highest BCUT2D eigenvalue weighted by Gasteiger charge is 2.53. The molecule has 1 aliphatic heterocycles. The molecule has 148 valence electrons. The maximum atomic E-state index is 13.0. The number of imide groups is 1. The highest BCUT2D eigenvalue weighted by Crippen LogP contribution is 2.38. The second-order valence-electron chi connectivity index (χ2n) is 6.38. The number of carbonyl (C=O) groups is 3. The van der Waals surface area contributed by atoms with Gasteiger partial charge in [0.2, 0.25) is 5.91 Å². The van der Waals surface area contributed by atoms with E-state index >= 15 is 0 Å². The molecule has 1 saturated heterocycles. The fourth-order valence-electron chi connectivity index (χ4n) is 2.94. The molecule has 3 amide bonds. The number of urea groups is 1. The number of rotatable bonds is 5. The lowest BCUT2D eigenvalue weighted by molar-refractivity contribution is -0.188. The van der Waals surface area contributed by atoms with Crippen LogP contribution in [0.5, 0.6) is 0 Å². The second-order valence-corrected chi connectivity index (χ2v) is 6.38. The van der Waals surface area contributed by atoms with Crippen LogP contribution in [0.1, 0.15) is 12.5 Å². The summed E-state index contributed by atoms with van der Waals surface area (Å²) in [6.07, 6.45) is -4.68. The number of alkyl halides is 3. The summed E-state index contributed by atoms with van der Waals surface area (Å²) in [4.78, 5) is 36.2. The van der Waals surface area contributed by atoms with Gasteiger partial charge >= 0.3 is 18.2 Å². The van der Waals surface area contributed by atoms with Gasteiger partial charge in [0.15, 0.2) is 0 Å². The summed E-state index contributed by atoms with van der Waals surface area (Å²) in [6, 6.07) is 7.07. The molecule has 0 saturated carbocycles. The number of hydrogen-bond donors (Lipinski definition) is 3. The summed E-state index contributed by atoms with van der Waals surface area (Å²) in [5.74, 6) is -6.06. The lowest BCUT2D eigenvalue weighted by atomic mass is 9.96. The van der Waals surface area contributed by atoms with Gasteiger partial charge in [-0.3, -0.25) is 19.8 Å². The fraction of sp³-hybridized carbons (Fsp3) is 0.471. The van der Waals surface area contributed by atoms with E-state index in [0.29, 0.717) is 0 Å². The summed E-state index contributed by atoms with van der Waals surface area (Å²) in [7, 11) is 0. The average molecular weight is 387 g/mol. The number of nitrogens with zero attached hydrogens (tertiary/aromatic N) is 1. The Morgan fingerprint density at radius 1 is 1.22 bits per heavy atom. The molecule has 0 bridgehead atoms. The normalized spacial score (nSPS) is 21.5. The van der Waals surface area contributed by atoms with Gasteiger partial charge in [-0.2, -0.15) is 13.2 Å². The first-order valence-corrected chi connectivity index (χ1v) is 8.25. The SMILES string of the molecule is CC(C(=O)NC(=O)NCc1ccccc1)N1C[C@@H](C(F)(F)F)[C@H](C(=O)O)C1. The smallest absolute Gasteiger partial charge is 0.393 e. The lowest BCUT2D eigenvalue weighted by Gasteiger charge is -2.23. The van der Waals surface area contributed by atoms with Gasteiger partial charge in [-0.1, -0.05) is 30.3 Å². The Kier molecular flexibility index (Phi) is 6.42. The Hall–Kier alpha value is -2.62. The molecule has 7 nitrogen and oxygen atoms in total. The van der Waals surface area contributed by atoms with Crippen molar-refractivity contribution in [2.24, 2.45) is 11.8 Å². The number of likely N-dealkylation sites (tertiary alicyclic amines) is 1. The molecule has 0 aromatic heterocycles. The Morgan fingerprint density at radius 3 is 2.37 bits per heavy atom. The van der Waals surface area contributed by atoms with E-state index in [-0.39, 0.29) is 6.54 Å². The number of carbonyl (C=O) groups excluding carboxylic acids is 2. The number of nitrogens with one attached hydrogen (secondary N) is 2. The monoisotopic (exact) mass is 387 g/mol. The van der Waals surface area contributed by atoms with Crippen molar-refractivity contribution >= 4 is 17.9 Å². The fourth-order valence-corrected chi connectivity index (χ4v) is 2.94. The van der Waals surface area contributed by atoms with E-state index in [4.69, 9.17) is 5.11 Å². The zero-order chi connectivity index (χ0) is 20.2. The van der Waals surface area contributed by atoms with Crippen molar-refractivity contribution in [1.29, 1.82) is 0 Å². The molecule has 1 heterocycles. The molecule has 3 N–H and O–H groups in total. The molecule has 27 heavy (non-hydrogen) atoms. The zero-order valence-corrected chi connectivity index (χ0v) is 14.5. The van der Waals surface area contributed by atoms with Gasteiger partial charge < -0.3 is 10.4 Å². The third-order valence-electron chi connectivity index (χ3n) is 4.55. The number of carboxylic acids is 1. The minimum absolute atomic E-state index is 0.176. The van der Waals surface area contributed by atoms with Gasteiger partial charge in [-0.05, 0) is 12.5 Å². The van der Waals surface area contributed by atoms with Crippen LogP contribution in [0.2, 0.25) is 0 Å². The highest BCUT2D eigenvalue weighted by atomic mass is 19.4. The minimum Gasteiger partial charge on any atom is -0.481 e. The first-order valence-electron chi connectivity index (χ1n) is 8.25. The number of benzene rings is 1. The van der Waals surface area contributed by atoms with Crippen molar-refractivity contribution in [3.05, 3.63) is 35.9 Å². The number of halogens is 3. The standard InChI is InChI=1S/C17H20F3N3O4/c1-10(23-8-12(15(25)26)13(9-23)17(18,19)20)14(24)22-16(27)21-7-11-5-3-2-4-6-11/h2-6,10,12-13H,7-9H2,1H3,(H,25,26)(H2,21,22,24,27)/t10?,12-,13-/m1/s1. The molecule has 1 aliphatic rings. The maximum absolute atomic E-state index is 13.0. The first-order chi connectivity index (χ1) is 12.6. The summed E-state index contributed by atoms with van der Waals surface area (Å²) in [5.41, 5.74) is 0.810. The van der Waals surface area contributed by atoms with Gasteiger partial charge in [0.25, 0.3) is 0 Å². The quantitative estimate of drug-likeness (QED) is 0.713. The molecule has 1 fully saturated rings. The maximum Gasteiger partial charge on any atom is 0.393 e. The molecular weight excluding hydrogens is 367 g/mol. The van der Waals surface area contributed by atoms with E-state index in [1.165, 1.54) is 6.92 Å². The summed E-state index contributed by atoms with van der Waals surface area (Å²) < 4.78 is 39.1. The molecule has 1 aromatic rings. The number of hydrogen-bond acceptors (Lipinski definition) is 4. The molecule has 1 aromatic carbocycles. The van der Waals surface area contributed by atoms with Crippen LogP contribution >= 0.6 is 0 Å². The van der Waals surface area contributed by atoms with Crippen LogP contribution in [0, 0.1) is 11.8 Å². The van der Waals surface area contributed by atoms with E-state index in [0.717, 1.165) is 10.5 Å². The summed E-state index contributed by atoms with van der Waals surface area (Å²) >= 11 is 0.